The number of aryl methyl sites for hydroxylation is 1. The summed E-state index contributed by atoms with van der Waals surface area (Å²) < 4.78 is 20.5. The number of nitrogens with one attached hydrogen (secondary N) is 3. The van der Waals surface area contributed by atoms with Gasteiger partial charge in [-0.15, -0.1) is 0 Å². The SMILES string of the molecule is COc1cc(N2CCN(CC3CN(c4ccc5c(N6CCC(=O)NC6=O)nn(C)c5c4)C3)CC2)ccc1Nc1ncc(Cl)c(Nc2ccccc2P(C)(C)=O)n1. The third-order valence-corrected chi connectivity index (χ3v) is 12.4. The number of anilines is 7. The van der Waals surface area contributed by atoms with Crippen LogP contribution >= 0.6 is 18.7 Å². The van der Waals surface area contributed by atoms with Crippen LogP contribution in [0.15, 0.2) is 66.9 Å². The van der Waals surface area contributed by atoms with Crippen molar-refractivity contribution in [3.05, 3.63) is 71.9 Å². The monoisotopic (exact) mass is 797 g/mol. The Balaban J connectivity index is 0.847. The van der Waals surface area contributed by atoms with Crippen molar-refractivity contribution in [1.82, 2.24) is 30.0 Å². The zero-order valence-corrected chi connectivity index (χ0v) is 33.5. The average Bonchev–Trinajstić information content (AvgIpc) is 3.49. The van der Waals surface area contributed by atoms with E-state index in [4.69, 9.17) is 16.3 Å². The molecule has 3 aliphatic heterocycles. The van der Waals surface area contributed by atoms with Crippen LogP contribution in [-0.4, -0.2) is 109 Å². The van der Waals surface area contributed by atoms with Gasteiger partial charge >= 0.3 is 6.03 Å². The van der Waals surface area contributed by atoms with Crippen LogP contribution in [-0.2, 0) is 16.4 Å². The summed E-state index contributed by atoms with van der Waals surface area (Å²) in [5.74, 6) is 2.32. The van der Waals surface area contributed by atoms with E-state index in [1.807, 2.05) is 49.5 Å². The first kappa shape index (κ1) is 37.5. The van der Waals surface area contributed by atoms with Crippen LogP contribution in [0.2, 0.25) is 5.02 Å². The van der Waals surface area contributed by atoms with Gasteiger partial charge in [-0.3, -0.25) is 24.6 Å². The minimum absolute atomic E-state index is 0.259. The molecule has 0 radical (unpaired) electrons. The maximum Gasteiger partial charge on any atom is 0.329 e. The Bertz CT molecular complexity index is 2350. The molecular weight excluding hydrogens is 753 g/mol. The number of amides is 3. The third kappa shape index (κ3) is 7.71. The average molecular weight is 798 g/mol. The van der Waals surface area contributed by atoms with Crippen molar-refractivity contribution in [1.29, 1.82) is 0 Å². The van der Waals surface area contributed by atoms with Gasteiger partial charge in [0.25, 0.3) is 0 Å². The molecule has 0 unspecified atom stereocenters. The molecule has 0 aliphatic carbocycles. The highest BCUT2D eigenvalue weighted by Gasteiger charge is 2.32. The summed E-state index contributed by atoms with van der Waals surface area (Å²) in [5.41, 5.74) is 4.59. The lowest BCUT2D eigenvalue weighted by molar-refractivity contribution is -0.120. The zero-order valence-electron chi connectivity index (χ0n) is 31.8. The number of nitrogens with zero attached hydrogens (tertiary/aromatic N) is 8. The quantitative estimate of drug-likeness (QED) is 0.146. The van der Waals surface area contributed by atoms with Gasteiger partial charge in [0.15, 0.2) is 11.6 Å². The summed E-state index contributed by atoms with van der Waals surface area (Å²) in [6.07, 6.45) is 1.79. The molecule has 0 spiro atoms. The number of hydrogen-bond donors (Lipinski definition) is 3. The lowest BCUT2D eigenvalue weighted by atomic mass is 9.97. The molecule has 3 saturated heterocycles. The molecule has 0 saturated carbocycles. The summed E-state index contributed by atoms with van der Waals surface area (Å²) in [7, 11) is 0.989. The Morgan fingerprint density at radius 3 is 2.43 bits per heavy atom. The van der Waals surface area contributed by atoms with Crippen LogP contribution in [0.3, 0.4) is 0 Å². The van der Waals surface area contributed by atoms with Gasteiger partial charge in [-0.05, 0) is 55.8 Å². The Labute approximate surface area is 330 Å². The number of piperazine rings is 1. The number of benzene rings is 3. The van der Waals surface area contributed by atoms with E-state index in [0.717, 1.165) is 79.1 Å². The van der Waals surface area contributed by atoms with Gasteiger partial charge in [0.1, 0.15) is 17.9 Å². The number of halogens is 1. The number of rotatable bonds is 11. The predicted octanol–water partition coefficient (Wildman–Crippen LogP) is 5.47. The summed E-state index contributed by atoms with van der Waals surface area (Å²) in [6.45, 7) is 10.6. The highest BCUT2D eigenvalue weighted by atomic mass is 35.5. The molecular formula is C39H45ClN11O4P. The number of ether oxygens (including phenoxy) is 1. The van der Waals surface area contributed by atoms with Crippen molar-refractivity contribution in [2.45, 2.75) is 6.42 Å². The fourth-order valence-corrected chi connectivity index (χ4v) is 8.92. The van der Waals surface area contributed by atoms with E-state index in [-0.39, 0.29) is 12.3 Å². The third-order valence-electron chi connectivity index (χ3n) is 10.6. The van der Waals surface area contributed by atoms with Crippen molar-refractivity contribution < 1.29 is 18.9 Å². The van der Waals surface area contributed by atoms with Crippen molar-refractivity contribution in [2.24, 2.45) is 13.0 Å². The van der Waals surface area contributed by atoms with Gasteiger partial charge in [-0.2, -0.15) is 10.1 Å². The number of fused-ring (bicyclic) bond motifs is 1. The summed E-state index contributed by atoms with van der Waals surface area (Å²) >= 11 is 6.47. The van der Waals surface area contributed by atoms with Crippen LogP contribution in [0.4, 0.5) is 45.1 Å². The van der Waals surface area contributed by atoms with Crippen molar-refractivity contribution in [2.75, 3.05) is 98.1 Å². The molecule has 56 heavy (non-hydrogen) atoms. The smallest absolute Gasteiger partial charge is 0.329 e. The molecule has 3 aliphatic rings. The van der Waals surface area contributed by atoms with E-state index in [1.54, 1.807) is 30.0 Å². The minimum atomic E-state index is -2.54. The largest absolute Gasteiger partial charge is 0.494 e. The van der Waals surface area contributed by atoms with E-state index in [9.17, 15) is 14.2 Å². The van der Waals surface area contributed by atoms with Crippen LogP contribution in [0.25, 0.3) is 10.9 Å². The van der Waals surface area contributed by atoms with Gasteiger partial charge in [-0.25, -0.2) is 9.78 Å². The number of para-hydroxylation sites is 1. The fraction of sp³-hybridized carbons (Fsp3) is 0.359. The molecule has 0 atom stereocenters. The number of urea groups is 1. The molecule has 3 N–H and O–H groups in total. The van der Waals surface area contributed by atoms with E-state index >= 15 is 0 Å². The van der Waals surface area contributed by atoms with Crippen molar-refractivity contribution >= 4 is 87.2 Å². The second-order valence-corrected chi connectivity index (χ2v) is 18.4. The second kappa shape index (κ2) is 15.3. The van der Waals surface area contributed by atoms with Crippen molar-refractivity contribution in [3.63, 3.8) is 0 Å². The number of carbonyl (C=O) groups is 2. The van der Waals surface area contributed by atoms with Gasteiger partial charge in [0, 0.05) is 99.9 Å². The Morgan fingerprint density at radius 1 is 0.929 bits per heavy atom. The Hall–Kier alpha value is -5.37. The number of imide groups is 1. The molecule has 292 valence electrons. The number of carbonyl (C=O) groups excluding carboxylic acids is 2. The van der Waals surface area contributed by atoms with Crippen LogP contribution in [0.5, 0.6) is 5.75 Å². The molecule has 8 rings (SSSR count). The standard InChI is InChI=1S/C39H45ClN11O4P/c1-47-32-19-26(9-11-28(32)37(46-47)51-14-13-35(52)44-39(51)53)50-23-25(24-50)22-48-15-17-49(18-16-48)27-10-12-30(33(20-27)55-2)43-38-41-21-29(40)36(45-38)42-31-7-5-6-8-34(31)56(3,4)54/h5-12,19-21,25H,13-18,22-24H2,1-4H3,(H,44,52,53)(H2,41,42,43,45). The summed E-state index contributed by atoms with van der Waals surface area (Å²) in [6, 6.07) is 19.4. The van der Waals surface area contributed by atoms with E-state index in [0.29, 0.717) is 46.5 Å². The molecule has 2 aromatic heterocycles. The Kier molecular flexibility index (Phi) is 10.2. The first-order chi connectivity index (χ1) is 26.9. The normalized spacial score (nSPS) is 16.9. The molecule has 3 aromatic carbocycles. The van der Waals surface area contributed by atoms with Crippen molar-refractivity contribution in [3.8, 4) is 5.75 Å². The van der Waals surface area contributed by atoms with Gasteiger partial charge in [0.2, 0.25) is 11.9 Å². The topological polar surface area (TPSA) is 153 Å². The molecule has 3 fully saturated rings. The van der Waals surface area contributed by atoms with Gasteiger partial charge < -0.3 is 29.7 Å². The molecule has 5 heterocycles. The number of aromatic nitrogens is 4. The number of methoxy groups -OCH3 is 1. The van der Waals surface area contributed by atoms with Gasteiger partial charge in [0.05, 0.1) is 30.2 Å². The molecule has 17 heteroatoms. The number of hydrogen-bond acceptors (Lipinski definition) is 12. The minimum Gasteiger partial charge on any atom is -0.494 e. The van der Waals surface area contributed by atoms with E-state index in [2.05, 4.69) is 63.9 Å². The lowest BCUT2D eigenvalue weighted by Crippen LogP contribution is -2.55. The lowest BCUT2D eigenvalue weighted by Gasteiger charge is -2.45. The molecule has 5 aromatic rings. The highest BCUT2D eigenvalue weighted by molar-refractivity contribution is 7.70. The maximum absolute atomic E-state index is 12.9. The maximum atomic E-state index is 12.9. The zero-order chi connectivity index (χ0) is 39.1. The molecule has 0 bridgehead atoms. The van der Waals surface area contributed by atoms with E-state index in [1.165, 1.54) is 6.20 Å². The second-order valence-electron chi connectivity index (χ2n) is 14.9. The molecule has 15 nitrogen and oxygen atoms in total. The Morgan fingerprint density at radius 2 is 1.68 bits per heavy atom. The van der Waals surface area contributed by atoms with E-state index < -0.39 is 13.2 Å². The fourth-order valence-electron chi connectivity index (χ4n) is 7.63. The summed E-state index contributed by atoms with van der Waals surface area (Å²) in [4.78, 5) is 42.0. The van der Waals surface area contributed by atoms with Crippen LogP contribution < -0.4 is 40.7 Å². The van der Waals surface area contributed by atoms with Crippen LogP contribution in [0, 0.1) is 5.92 Å². The van der Waals surface area contributed by atoms with Gasteiger partial charge in [-0.1, -0.05) is 23.7 Å². The highest BCUT2D eigenvalue weighted by Crippen LogP contribution is 2.39. The first-order valence-electron chi connectivity index (χ1n) is 18.6. The predicted molar refractivity (Wildman–Crippen MR) is 223 cm³/mol. The summed E-state index contributed by atoms with van der Waals surface area (Å²) in [5, 5.41) is 15.5. The van der Waals surface area contributed by atoms with Crippen LogP contribution in [0.1, 0.15) is 6.42 Å². The first-order valence-corrected chi connectivity index (χ1v) is 21.6. The molecule has 3 amide bonds.